The minimum atomic E-state index is -0.0448. The van der Waals surface area contributed by atoms with Crippen molar-refractivity contribution in [1.82, 2.24) is 0 Å². The van der Waals surface area contributed by atoms with E-state index in [1.54, 1.807) is 0 Å². The zero-order valence-corrected chi connectivity index (χ0v) is 35.5. The van der Waals surface area contributed by atoms with Crippen LogP contribution in [-0.4, -0.2) is 6.71 Å². The molecule has 0 amide bonds. The van der Waals surface area contributed by atoms with Crippen LogP contribution in [0.5, 0.6) is 11.5 Å². The quantitative estimate of drug-likeness (QED) is 0.149. The smallest absolute Gasteiger partial charge is 0.256 e. The van der Waals surface area contributed by atoms with Gasteiger partial charge in [-0.15, -0.1) is 0 Å². The molecule has 13 rings (SSSR count). The summed E-state index contributed by atoms with van der Waals surface area (Å²) >= 11 is 1.87. The monoisotopic (exact) mass is 835 g/mol. The fourth-order valence-corrected chi connectivity index (χ4v) is 11.3. The fraction of sp³-hybridized carbons (Fsp3) is 0. The Bertz CT molecular complexity index is 3330. The second kappa shape index (κ2) is 14.9. The first kappa shape index (κ1) is 36.7. The Morgan fingerprint density at radius 2 is 1.02 bits per heavy atom. The second-order valence-corrected chi connectivity index (χ2v) is 17.5. The van der Waals surface area contributed by atoms with Gasteiger partial charge in [-0.25, -0.2) is 0 Å². The maximum atomic E-state index is 7.08. The summed E-state index contributed by atoms with van der Waals surface area (Å²) in [6.45, 7) is -0.0448. The lowest BCUT2D eigenvalue weighted by Crippen LogP contribution is -2.59. The first-order valence-corrected chi connectivity index (χ1v) is 22.6. The van der Waals surface area contributed by atoms with Gasteiger partial charge in [0.25, 0.3) is 6.71 Å². The van der Waals surface area contributed by atoms with Gasteiger partial charge >= 0.3 is 0 Å². The molecular formula is C58H38BN3OS. The molecule has 10 aromatic rings. The van der Waals surface area contributed by atoms with E-state index in [4.69, 9.17) is 4.74 Å². The first-order chi connectivity index (χ1) is 31.8. The van der Waals surface area contributed by atoms with Crippen molar-refractivity contribution >= 4 is 96.8 Å². The Kier molecular flexibility index (Phi) is 8.53. The lowest BCUT2D eigenvalue weighted by Gasteiger charge is -2.41. The number of anilines is 9. The van der Waals surface area contributed by atoms with Gasteiger partial charge in [0.1, 0.15) is 11.5 Å². The van der Waals surface area contributed by atoms with E-state index in [0.717, 1.165) is 62.7 Å². The molecule has 300 valence electrons. The number of nitrogens with zero attached hydrogens (tertiary/aromatic N) is 3. The van der Waals surface area contributed by atoms with Gasteiger partial charge in [-0.3, -0.25) is 0 Å². The van der Waals surface area contributed by atoms with E-state index in [1.165, 1.54) is 48.1 Å². The Balaban J connectivity index is 0.989. The van der Waals surface area contributed by atoms with Gasteiger partial charge in [-0.05, 0) is 137 Å². The molecule has 3 heterocycles. The normalized spacial score (nSPS) is 12.7. The van der Waals surface area contributed by atoms with Crippen LogP contribution in [-0.2, 0) is 0 Å². The molecule has 64 heavy (non-hydrogen) atoms. The third-order valence-electron chi connectivity index (χ3n) is 12.8. The molecule has 3 aliphatic heterocycles. The van der Waals surface area contributed by atoms with Gasteiger partial charge in [0, 0.05) is 66.1 Å². The molecule has 6 heteroatoms. The van der Waals surface area contributed by atoms with E-state index in [-0.39, 0.29) is 6.71 Å². The third-order valence-corrected chi connectivity index (χ3v) is 14.0. The zero-order valence-electron chi connectivity index (χ0n) is 34.7. The topological polar surface area (TPSA) is 19.0 Å². The van der Waals surface area contributed by atoms with Crippen molar-refractivity contribution in [3.8, 4) is 22.6 Å². The van der Waals surface area contributed by atoms with Gasteiger partial charge in [-0.1, -0.05) is 133 Å². The predicted octanol–water partition coefficient (Wildman–Crippen LogP) is 14.3. The van der Waals surface area contributed by atoms with Crippen molar-refractivity contribution in [1.29, 1.82) is 0 Å². The van der Waals surface area contributed by atoms with Crippen molar-refractivity contribution < 1.29 is 4.74 Å². The second-order valence-electron chi connectivity index (χ2n) is 16.5. The molecule has 0 saturated carbocycles. The van der Waals surface area contributed by atoms with Crippen LogP contribution >= 0.6 is 11.8 Å². The van der Waals surface area contributed by atoms with Crippen molar-refractivity contribution in [3.63, 3.8) is 0 Å². The predicted molar refractivity (Wildman–Crippen MR) is 269 cm³/mol. The van der Waals surface area contributed by atoms with Crippen LogP contribution in [0.3, 0.4) is 0 Å². The molecule has 0 aliphatic carbocycles. The molecule has 0 N–H and O–H groups in total. The van der Waals surface area contributed by atoms with Gasteiger partial charge in [0.15, 0.2) is 0 Å². The highest BCUT2D eigenvalue weighted by atomic mass is 32.2. The van der Waals surface area contributed by atoms with Crippen LogP contribution in [0, 0.1) is 0 Å². The number of hydrogen-bond acceptors (Lipinski definition) is 5. The molecule has 0 unspecified atom stereocenters. The lowest BCUT2D eigenvalue weighted by molar-refractivity contribution is 0.487. The molecule has 10 aromatic carbocycles. The number of benzene rings is 10. The summed E-state index contributed by atoms with van der Waals surface area (Å²) in [4.78, 5) is 9.64. The molecule has 0 bridgehead atoms. The van der Waals surface area contributed by atoms with Crippen LogP contribution in [0.2, 0.25) is 0 Å². The Hall–Kier alpha value is -7.93. The SMILES string of the molecule is c1ccc(N(c2ccccc2)c2ccc3c(c2)N(c2ccccc2)c2cccc4c2B3c2cc3c(cc2O4)-c2ccc(N(c4ccccc4)c4ccccc4)c4cccc(c24)S3)cc1. The number of hydrogen-bond donors (Lipinski definition) is 0. The van der Waals surface area contributed by atoms with Crippen LogP contribution in [0.15, 0.2) is 240 Å². The van der Waals surface area contributed by atoms with Gasteiger partial charge < -0.3 is 19.4 Å². The molecule has 0 spiro atoms. The Morgan fingerprint density at radius 1 is 0.406 bits per heavy atom. The average molecular weight is 836 g/mol. The van der Waals surface area contributed by atoms with Crippen molar-refractivity contribution in [2.24, 2.45) is 0 Å². The van der Waals surface area contributed by atoms with E-state index in [2.05, 4.69) is 245 Å². The summed E-state index contributed by atoms with van der Waals surface area (Å²) in [5, 5.41) is 2.48. The molecule has 0 atom stereocenters. The minimum Gasteiger partial charge on any atom is -0.458 e. The summed E-state index contributed by atoms with van der Waals surface area (Å²) in [7, 11) is 0. The van der Waals surface area contributed by atoms with Gasteiger partial charge in [-0.2, -0.15) is 0 Å². The van der Waals surface area contributed by atoms with E-state index in [0.29, 0.717) is 0 Å². The molecule has 0 fully saturated rings. The maximum Gasteiger partial charge on any atom is 0.256 e. The zero-order chi connectivity index (χ0) is 42.1. The first-order valence-electron chi connectivity index (χ1n) is 21.8. The van der Waals surface area contributed by atoms with E-state index < -0.39 is 0 Å². The standard InChI is InChI=1S/C58H38BN3OS/c1-6-18-39(19-7-1)60(40-20-8-2-9-21-40)44-32-34-48-52(36-44)62(43-26-14-5-15-27-43)51-29-17-30-53-58(51)59(48)49-38-56-47(37-54(49)63-53)45-33-35-50(46-28-16-31-55(64-56)57(45)46)61(41-22-10-3-11-23-41)42-24-12-4-13-25-42/h1-38H. The summed E-state index contributed by atoms with van der Waals surface area (Å²) in [6.07, 6.45) is 0. The highest BCUT2D eigenvalue weighted by Crippen LogP contribution is 2.53. The number of ether oxygens (including phenoxy) is 1. The highest BCUT2D eigenvalue weighted by molar-refractivity contribution is 7.99. The molecule has 0 saturated heterocycles. The Morgan fingerprint density at radius 3 is 1.67 bits per heavy atom. The summed E-state index contributed by atoms with van der Waals surface area (Å²) in [6, 6.07) is 83.1. The van der Waals surface area contributed by atoms with Crippen molar-refractivity contribution in [2.75, 3.05) is 14.7 Å². The van der Waals surface area contributed by atoms with Crippen LogP contribution in [0.25, 0.3) is 21.9 Å². The minimum absolute atomic E-state index is 0.0448. The molecule has 0 radical (unpaired) electrons. The summed E-state index contributed by atoms with van der Waals surface area (Å²) in [5.41, 5.74) is 16.1. The van der Waals surface area contributed by atoms with Gasteiger partial charge in [0.05, 0.1) is 5.69 Å². The van der Waals surface area contributed by atoms with Crippen LogP contribution in [0.1, 0.15) is 0 Å². The van der Waals surface area contributed by atoms with E-state index in [1.807, 2.05) is 11.8 Å². The highest BCUT2D eigenvalue weighted by Gasteiger charge is 2.43. The van der Waals surface area contributed by atoms with E-state index >= 15 is 0 Å². The lowest BCUT2D eigenvalue weighted by atomic mass is 9.34. The van der Waals surface area contributed by atoms with Crippen LogP contribution in [0.4, 0.5) is 51.2 Å². The molecular weight excluding hydrogens is 798 g/mol. The summed E-state index contributed by atoms with van der Waals surface area (Å²) in [5.74, 6) is 1.80. The number of fused-ring (bicyclic) bond motifs is 6. The number of para-hydroxylation sites is 5. The van der Waals surface area contributed by atoms with Crippen LogP contribution < -0.4 is 35.8 Å². The largest absolute Gasteiger partial charge is 0.458 e. The van der Waals surface area contributed by atoms with Crippen molar-refractivity contribution in [2.45, 2.75) is 9.79 Å². The van der Waals surface area contributed by atoms with Crippen molar-refractivity contribution in [3.05, 3.63) is 231 Å². The molecule has 3 aliphatic rings. The molecule has 4 nitrogen and oxygen atoms in total. The van der Waals surface area contributed by atoms with E-state index in [9.17, 15) is 0 Å². The molecule has 0 aromatic heterocycles. The van der Waals surface area contributed by atoms with Gasteiger partial charge in [0.2, 0.25) is 0 Å². The fourth-order valence-electron chi connectivity index (χ4n) is 10.1. The average Bonchev–Trinajstić information content (AvgIpc) is 3.36. The number of rotatable bonds is 7. The maximum absolute atomic E-state index is 7.08. The third kappa shape index (κ3) is 5.80. The summed E-state index contributed by atoms with van der Waals surface area (Å²) < 4.78 is 7.08. The Labute approximate surface area is 377 Å².